The van der Waals surface area contributed by atoms with Crippen LogP contribution in [0.1, 0.15) is 29.6 Å². The van der Waals surface area contributed by atoms with Gasteiger partial charge in [-0.3, -0.25) is 9.59 Å². The Morgan fingerprint density at radius 2 is 2.00 bits per heavy atom. The van der Waals surface area contributed by atoms with Crippen molar-refractivity contribution in [1.82, 2.24) is 9.88 Å². The van der Waals surface area contributed by atoms with Gasteiger partial charge in [-0.25, -0.2) is 4.98 Å². The van der Waals surface area contributed by atoms with Crippen molar-refractivity contribution in [2.45, 2.75) is 26.3 Å². The molecule has 2 aromatic rings. The second-order valence-electron chi connectivity index (χ2n) is 5.77. The minimum Gasteiger partial charge on any atom is -0.481 e. The molecule has 1 aromatic heterocycles. The number of carbonyl (C=O) groups excluding carboxylic acids is 1. The van der Waals surface area contributed by atoms with Crippen LogP contribution in [0.4, 0.5) is 0 Å². The molecule has 120 valence electrons. The highest BCUT2D eigenvalue weighted by Gasteiger charge is 2.39. The molecule has 6 nitrogen and oxygen atoms in total. The van der Waals surface area contributed by atoms with E-state index in [1.165, 1.54) is 0 Å². The van der Waals surface area contributed by atoms with Crippen molar-refractivity contribution in [3.8, 4) is 11.5 Å². The van der Waals surface area contributed by atoms with Gasteiger partial charge >= 0.3 is 5.97 Å². The molecule has 1 fully saturated rings. The molecule has 1 aliphatic heterocycles. The van der Waals surface area contributed by atoms with Gasteiger partial charge in [-0.05, 0) is 32.4 Å². The lowest BCUT2D eigenvalue weighted by Gasteiger charge is -2.22. The number of hydrogen-bond acceptors (Lipinski definition) is 4. The van der Waals surface area contributed by atoms with Gasteiger partial charge in [0.05, 0.1) is 11.6 Å². The minimum atomic E-state index is -0.868. The SMILES string of the molecule is Cc1nc(-c2ccccc2)oc1C(=O)N1CCC(C(=O)O)C1C. The first-order valence-corrected chi connectivity index (χ1v) is 7.55. The van der Waals surface area contributed by atoms with Crippen LogP contribution in [0, 0.1) is 12.8 Å². The van der Waals surface area contributed by atoms with Crippen LogP contribution in [0.3, 0.4) is 0 Å². The van der Waals surface area contributed by atoms with Crippen molar-refractivity contribution < 1.29 is 19.1 Å². The zero-order valence-electron chi connectivity index (χ0n) is 13.0. The molecule has 1 N–H and O–H groups in total. The molecule has 1 saturated heterocycles. The molecule has 23 heavy (non-hydrogen) atoms. The average Bonchev–Trinajstić information content (AvgIpc) is 3.11. The number of oxazole rings is 1. The van der Waals surface area contributed by atoms with Gasteiger partial charge in [0.25, 0.3) is 5.91 Å². The number of aliphatic carboxylic acids is 1. The van der Waals surface area contributed by atoms with Crippen LogP contribution >= 0.6 is 0 Å². The van der Waals surface area contributed by atoms with Gasteiger partial charge in [0, 0.05) is 18.2 Å². The Morgan fingerprint density at radius 3 is 2.61 bits per heavy atom. The van der Waals surface area contributed by atoms with Crippen LogP contribution in [0.5, 0.6) is 0 Å². The van der Waals surface area contributed by atoms with Gasteiger partial charge in [0.2, 0.25) is 11.7 Å². The van der Waals surface area contributed by atoms with E-state index in [0.717, 1.165) is 5.56 Å². The lowest BCUT2D eigenvalue weighted by Crippen LogP contribution is -2.37. The number of likely N-dealkylation sites (tertiary alicyclic amines) is 1. The van der Waals surface area contributed by atoms with Crippen LogP contribution in [-0.4, -0.2) is 39.5 Å². The van der Waals surface area contributed by atoms with Crippen molar-refractivity contribution in [3.05, 3.63) is 41.8 Å². The highest BCUT2D eigenvalue weighted by atomic mass is 16.4. The number of aromatic nitrogens is 1. The second kappa shape index (κ2) is 5.87. The first-order valence-electron chi connectivity index (χ1n) is 7.55. The van der Waals surface area contributed by atoms with E-state index < -0.39 is 11.9 Å². The van der Waals surface area contributed by atoms with E-state index in [2.05, 4.69) is 4.98 Å². The van der Waals surface area contributed by atoms with Crippen molar-refractivity contribution >= 4 is 11.9 Å². The lowest BCUT2D eigenvalue weighted by molar-refractivity contribution is -0.142. The highest BCUT2D eigenvalue weighted by molar-refractivity contribution is 5.93. The molecule has 0 bridgehead atoms. The molecule has 0 saturated carbocycles. The Hall–Kier alpha value is -2.63. The molecule has 0 spiro atoms. The van der Waals surface area contributed by atoms with Crippen molar-refractivity contribution in [1.29, 1.82) is 0 Å². The Morgan fingerprint density at radius 1 is 1.30 bits per heavy atom. The second-order valence-corrected chi connectivity index (χ2v) is 5.77. The smallest absolute Gasteiger partial charge is 0.308 e. The first kappa shape index (κ1) is 15.3. The number of hydrogen-bond donors (Lipinski definition) is 1. The number of amides is 1. The highest BCUT2D eigenvalue weighted by Crippen LogP contribution is 2.28. The van der Waals surface area contributed by atoms with Crippen molar-refractivity contribution in [2.75, 3.05) is 6.54 Å². The summed E-state index contributed by atoms with van der Waals surface area (Å²) in [4.78, 5) is 29.8. The largest absolute Gasteiger partial charge is 0.481 e. The summed E-state index contributed by atoms with van der Waals surface area (Å²) in [6.45, 7) is 3.89. The van der Waals surface area contributed by atoms with Crippen LogP contribution in [0.2, 0.25) is 0 Å². The topological polar surface area (TPSA) is 83.6 Å². The fourth-order valence-corrected chi connectivity index (χ4v) is 2.99. The Kier molecular flexibility index (Phi) is 3.90. The average molecular weight is 314 g/mol. The molecule has 0 radical (unpaired) electrons. The quantitative estimate of drug-likeness (QED) is 0.941. The summed E-state index contributed by atoms with van der Waals surface area (Å²) in [7, 11) is 0. The standard InChI is InChI=1S/C17H18N2O4/c1-10-14(23-15(18-10)12-6-4-3-5-7-12)16(20)19-9-8-13(11(19)2)17(21)22/h3-7,11,13H,8-9H2,1-2H3,(H,21,22). The summed E-state index contributed by atoms with van der Waals surface area (Å²) in [5.41, 5.74) is 1.31. The van der Waals surface area contributed by atoms with Crippen LogP contribution in [0.25, 0.3) is 11.5 Å². The number of carbonyl (C=O) groups is 2. The predicted octanol–water partition coefficient (Wildman–Crippen LogP) is 2.59. The minimum absolute atomic E-state index is 0.182. The molecule has 3 rings (SSSR count). The summed E-state index contributed by atoms with van der Waals surface area (Å²) in [6.07, 6.45) is 0.459. The van der Waals surface area contributed by atoms with E-state index in [-0.39, 0.29) is 17.7 Å². The van der Waals surface area contributed by atoms with E-state index in [0.29, 0.717) is 24.6 Å². The molecule has 2 unspecified atom stereocenters. The predicted molar refractivity (Wildman–Crippen MR) is 82.9 cm³/mol. The van der Waals surface area contributed by atoms with Gasteiger partial charge in [-0.15, -0.1) is 0 Å². The lowest BCUT2D eigenvalue weighted by atomic mass is 10.0. The Labute approximate surface area is 133 Å². The van der Waals surface area contributed by atoms with Crippen molar-refractivity contribution in [2.24, 2.45) is 5.92 Å². The number of rotatable bonds is 3. The third-order valence-corrected chi connectivity index (χ3v) is 4.34. The summed E-state index contributed by atoms with van der Waals surface area (Å²) in [5.74, 6) is -1.12. The normalized spacial score (nSPS) is 20.7. The maximum absolute atomic E-state index is 12.7. The number of benzene rings is 1. The fourth-order valence-electron chi connectivity index (χ4n) is 2.99. The van der Waals surface area contributed by atoms with E-state index in [1.54, 1.807) is 18.7 Å². The third-order valence-electron chi connectivity index (χ3n) is 4.34. The van der Waals surface area contributed by atoms with Crippen LogP contribution in [0.15, 0.2) is 34.7 Å². The van der Waals surface area contributed by atoms with Crippen LogP contribution in [-0.2, 0) is 4.79 Å². The zero-order valence-corrected chi connectivity index (χ0v) is 13.0. The maximum Gasteiger partial charge on any atom is 0.308 e. The number of carboxylic acid groups (broad SMARTS) is 1. The van der Waals surface area contributed by atoms with Gasteiger partial charge in [-0.2, -0.15) is 0 Å². The first-order chi connectivity index (χ1) is 11.0. The van der Waals surface area contributed by atoms with E-state index in [4.69, 9.17) is 4.42 Å². The number of aryl methyl sites for hydroxylation is 1. The van der Waals surface area contributed by atoms with Gasteiger partial charge < -0.3 is 14.4 Å². The number of carboxylic acids is 1. The molecular formula is C17H18N2O4. The van der Waals surface area contributed by atoms with Gasteiger partial charge in [-0.1, -0.05) is 18.2 Å². The Bertz CT molecular complexity index is 738. The Balaban J connectivity index is 1.87. The summed E-state index contributed by atoms with van der Waals surface area (Å²) < 4.78 is 5.67. The fraction of sp³-hybridized carbons (Fsp3) is 0.353. The molecule has 6 heteroatoms. The summed E-state index contributed by atoms with van der Waals surface area (Å²) in [6, 6.07) is 9.00. The monoisotopic (exact) mass is 314 g/mol. The summed E-state index contributed by atoms with van der Waals surface area (Å²) >= 11 is 0. The number of nitrogens with zero attached hydrogens (tertiary/aromatic N) is 2. The van der Waals surface area contributed by atoms with Gasteiger partial charge in [0.1, 0.15) is 0 Å². The van der Waals surface area contributed by atoms with Crippen LogP contribution < -0.4 is 0 Å². The maximum atomic E-state index is 12.7. The molecule has 1 aliphatic rings. The van der Waals surface area contributed by atoms with Gasteiger partial charge in [0.15, 0.2) is 0 Å². The molecule has 1 amide bonds. The van der Waals surface area contributed by atoms with E-state index in [1.807, 2.05) is 30.3 Å². The molecule has 2 heterocycles. The molecule has 2 atom stereocenters. The zero-order chi connectivity index (χ0) is 16.6. The van der Waals surface area contributed by atoms with Crippen molar-refractivity contribution in [3.63, 3.8) is 0 Å². The van der Waals surface area contributed by atoms with E-state index >= 15 is 0 Å². The third kappa shape index (κ3) is 2.72. The summed E-state index contributed by atoms with van der Waals surface area (Å²) in [5, 5.41) is 9.19. The molecule has 1 aromatic carbocycles. The van der Waals surface area contributed by atoms with E-state index in [9.17, 15) is 14.7 Å². The molecule has 0 aliphatic carbocycles. The molecular weight excluding hydrogens is 296 g/mol.